The molecule has 0 bridgehead atoms. The van der Waals surface area contributed by atoms with Gasteiger partial charge in [0.25, 0.3) is 0 Å². The third-order valence-electron chi connectivity index (χ3n) is 7.03. The number of benzene rings is 4. The van der Waals surface area contributed by atoms with Gasteiger partial charge < -0.3 is 15.2 Å². The molecule has 4 aromatic carbocycles. The van der Waals surface area contributed by atoms with Gasteiger partial charge in [0.05, 0.1) is 11.7 Å². The van der Waals surface area contributed by atoms with Gasteiger partial charge in [0.1, 0.15) is 11.6 Å². The summed E-state index contributed by atoms with van der Waals surface area (Å²) in [6, 6.07) is 26.4. The Kier molecular flexibility index (Phi) is 7.28. The summed E-state index contributed by atoms with van der Waals surface area (Å²) in [5.74, 6) is -0.0904. The van der Waals surface area contributed by atoms with Crippen LogP contribution in [0.25, 0.3) is 10.8 Å². The highest BCUT2D eigenvalue weighted by Crippen LogP contribution is 2.41. The molecule has 0 saturated heterocycles. The first-order valence-electron chi connectivity index (χ1n) is 12.6. The van der Waals surface area contributed by atoms with Crippen molar-refractivity contribution in [3.63, 3.8) is 0 Å². The molecular weight excluding hydrogens is 453 g/mol. The Labute approximate surface area is 210 Å². The number of hydrogen-bond donors (Lipinski definition) is 2. The van der Waals surface area contributed by atoms with Gasteiger partial charge in [0.2, 0.25) is 0 Å². The zero-order valence-electron chi connectivity index (χ0n) is 20.1. The van der Waals surface area contributed by atoms with Crippen LogP contribution in [0.4, 0.5) is 4.39 Å². The van der Waals surface area contributed by atoms with Gasteiger partial charge in [-0.25, -0.2) is 9.18 Å². The molecule has 1 heterocycles. The minimum Gasteiger partial charge on any atom is -0.490 e. The van der Waals surface area contributed by atoms with Gasteiger partial charge in [-0.3, -0.25) is 0 Å². The molecule has 36 heavy (non-hydrogen) atoms. The van der Waals surface area contributed by atoms with Gasteiger partial charge in [-0.15, -0.1) is 0 Å². The van der Waals surface area contributed by atoms with Gasteiger partial charge in [0, 0.05) is 16.9 Å². The molecule has 0 spiro atoms. The van der Waals surface area contributed by atoms with Crippen molar-refractivity contribution in [2.24, 2.45) is 0 Å². The van der Waals surface area contributed by atoms with Crippen LogP contribution in [-0.2, 0) is 6.42 Å². The predicted octanol–water partition coefficient (Wildman–Crippen LogP) is 6.57. The second-order valence-electron chi connectivity index (χ2n) is 9.39. The van der Waals surface area contributed by atoms with E-state index in [0.29, 0.717) is 10.9 Å². The summed E-state index contributed by atoms with van der Waals surface area (Å²) in [6.45, 7) is 1.70. The first kappa shape index (κ1) is 24.0. The van der Waals surface area contributed by atoms with Crippen LogP contribution >= 0.6 is 0 Å². The average molecular weight is 484 g/mol. The van der Waals surface area contributed by atoms with Crippen LogP contribution in [0.3, 0.4) is 0 Å². The normalized spacial score (nSPS) is 16.9. The lowest BCUT2D eigenvalue weighted by atomic mass is 9.83. The summed E-state index contributed by atoms with van der Waals surface area (Å²) < 4.78 is 20.4. The number of aromatic carboxylic acids is 1. The maximum absolute atomic E-state index is 14.1. The van der Waals surface area contributed by atoms with Crippen molar-refractivity contribution in [1.82, 2.24) is 5.32 Å². The Morgan fingerprint density at radius 3 is 2.61 bits per heavy atom. The summed E-state index contributed by atoms with van der Waals surface area (Å²) in [4.78, 5) is 11.5. The molecule has 0 amide bonds. The largest absolute Gasteiger partial charge is 0.490 e. The van der Waals surface area contributed by atoms with E-state index in [9.17, 15) is 14.3 Å². The smallest absolute Gasteiger partial charge is 0.335 e. The molecule has 1 aliphatic rings. The number of halogens is 1. The van der Waals surface area contributed by atoms with Crippen molar-refractivity contribution in [2.45, 2.75) is 37.7 Å². The first-order valence-corrected chi connectivity index (χ1v) is 12.6. The number of carbonyl (C=O) groups is 1. The van der Waals surface area contributed by atoms with Gasteiger partial charge in [-0.2, -0.15) is 0 Å². The highest BCUT2D eigenvalue weighted by atomic mass is 19.1. The number of nitrogens with one attached hydrogen (secondary N) is 1. The van der Waals surface area contributed by atoms with Crippen molar-refractivity contribution < 1.29 is 19.0 Å². The van der Waals surface area contributed by atoms with Crippen LogP contribution in [0.1, 0.15) is 52.2 Å². The van der Waals surface area contributed by atoms with Gasteiger partial charge in [0.15, 0.2) is 0 Å². The molecule has 4 nitrogen and oxygen atoms in total. The molecule has 0 fully saturated rings. The molecule has 2 N–H and O–H groups in total. The Morgan fingerprint density at radius 2 is 1.75 bits per heavy atom. The summed E-state index contributed by atoms with van der Waals surface area (Å²) >= 11 is 0. The number of para-hydroxylation sites is 1. The number of fused-ring (bicyclic) bond motifs is 2. The lowest BCUT2D eigenvalue weighted by molar-refractivity contribution is 0.0696. The number of hydrogen-bond acceptors (Lipinski definition) is 3. The van der Waals surface area contributed by atoms with E-state index in [4.69, 9.17) is 4.74 Å². The number of carboxylic acids is 1. The fourth-order valence-corrected chi connectivity index (χ4v) is 5.22. The molecule has 4 aromatic rings. The molecule has 0 saturated carbocycles. The van der Waals surface area contributed by atoms with Crippen LogP contribution in [0, 0.1) is 5.82 Å². The van der Waals surface area contributed by atoms with E-state index in [-0.39, 0.29) is 17.8 Å². The predicted molar refractivity (Wildman–Crippen MR) is 140 cm³/mol. The molecule has 5 rings (SSSR count). The summed E-state index contributed by atoms with van der Waals surface area (Å²) in [6.07, 6.45) is 3.62. The van der Waals surface area contributed by atoms with Crippen molar-refractivity contribution in [1.29, 1.82) is 0 Å². The molecule has 0 radical (unpaired) electrons. The fourth-order valence-electron chi connectivity index (χ4n) is 5.22. The van der Waals surface area contributed by atoms with Crippen molar-refractivity contribution >= 4 is 16.7 Å². The third-order valence-corrected chi connectivity index (χ3v) is 7.03. The topological polar surface area (TPSA) is 58.6 Å². The standard InChI is InChI=1S/C31H30FNO3/c32-29-15-14-21(25-10-1-2-11-26(25)29)16-18-33-17-6-9-24-20-28(27-12-3-4-13-30(27)36-24)22-7-5-8-23(19-22)31(34)35/h1-5,7-8,10-15,19,24,28,33H,6,9,16-18,20H2,(H,34,35). The quantitative estimate of drug-likeness (QED) is 0.264. The van der Waals surface area contributed by atoms with E-state index in [0.717, 1.165) is 66.6 Å². The van der Waals surface area contributed by atoms with E-state index in [1.807, 2.05) is 60.7 Å². The molecule has 1 aliphatic heterocycles. The molecule has 2 unspecified atom stereocenters. The second-order valence-corrected chi connectivity index (χ2v) is 9.39. The van der Waals surface area contributed by atoms with Gasteiger partial charge in [-0.1, -0.05) is 60.7 Å². The van der Waals surface area contributed by atoms with E-state index in [1.165, 1.54) is 0 Å². The van der Waals surface area contributed by atoms with E-state index >= 15 is 0 Å². The van der Waals surface area contributed by atoms with Crippen LogP contribution in [0.5, 0.6) is 5.75 Å². The van der Waals surface area contributed by atoms with E-state index < -0.39 is 5.97 Å². The van der Waals surface area contributed by atoms with Crippen LogP contribution in [0.15, 0.2) is 84.9 Å². The highest BCUT2D eigenvalue weighted by molar-refractivity contribution is 5.88. The Hall–Kier alpha value is -3.70. The lowest BCUT2D eigenvalue weighted by Crippen LogP contribution is -2.28. The number of carboxylic acid groups (broad SMARTS) is 1. The minimum atomic E-state index is -0.909. The van der Waals surface area contributed by atoms with E-state index in [2.05, 4.69) is 11.4 Å². The Balaban J connectivity index is 1.17. The van der Waals surface area contributed by atoms with Crippen LogP contribution in [0.2, 0.25) is 0 Å². The second kappa shape index (κ2) is 10.9. The summed E-state index contributed by atoms with van der Waals surface area (Å²) in [5, 5.41) is 14.6. The number of ether oxygens (including phenoxy) is 1. The van der Waals surface area contributed by atoms with Crippen molar-refractivity contribution in [2.75, 3.05) is 13.1 Å². The molecule has 184 valence electrons. The third kappa shape index (κ3) is 5.26. The fraction of sp³-hybridized carbons (Fsp3) is 0.258. The minimum absolute atomic E-state index is 0.0706. The van der Waals surface area contributed by atoms with Crippen LogP contribution < -0.4 is 10.1 Å². The SMILES string of the molecule is O=C(O)c1cccc(C2CC(CCCNCCc3ccc(F)c4ccccc34)Oc3ccccc32)c1. The Morgan fingerprint density at radius 1 is 0.944 bits per heavy atom. The maximum Gasteiger partial charge on any atom is 0.335 e. The van der Waals surface area contributed by atoms with Crippen molar-refractivity contribution in [3.05, 3.63) is 113 Å². The average Bonchev–Trinajstić information content (AvgIpc) is 2.91. The van der Waals surface area contributed by atoms with Gasteiger partial charge >= 0.3 is 5.97 Å². The van der Waals surface area contributed by atoms with Gasteiger partial charge in [-0.05, 0) is 79.6 Å². The monoisotopic (exact) mass is 483 g/mol. The maximum atomic E-state index is 14.1. The van der Waals surface area contributed by atoms with Crippen LogP contribution in [-0.4, -0.2) is 30.3 Å². The molecule has 5 heteroatoms. The first-order chi connectivity index (χ1) is 17.6. The Bertz CT molecular complexity index is 1370. The molecule has 0 aliphatic carbocycles. The van der Waals surface area contributed by atoms with E-state index in [1.54, 1.807) is 18.2 Å². The molecular formula is C31H30FNO3. The number of rotatable bonds is 9. The summed E-state index contributed by atoms with van der Waals surface area (Å²) in [7, 11) is 0. The summed E-state index contributed by atoms with van der Waals surface area (Å²) in [5.41, 5.74) is 3.59. The highest BCUT2D eigenvalue weighted by Gasteiger charge is 2.29. The molecule has 2 atom stereocenters. The zero-order valence-corrected chi connectivity index (χ0v) is 20.1. The zero-order chi connectivity index (χ0) is 24.9. The van der Waals surface area contributed by atoms with Crippen molar-refractivity contribution in [3.8, 4) is 5.75 Å². The molecule has 0 aromatic heterocycles. The lowest BCUT2D eigenvalue weighted by Gasteiger charge is -2.33.